The number of hydrogen-bond acceptors (Lipinski definition) is 6. The molecule has 1 saturated heterocycles. The van der Waals surface area contributed by atoms with Crippen LogP contribution in [0.3, 0.4) is 0 Å². The van der Waals surface area contributed by atoms with Crippen molar-refractivity contribution < 1.29 is 24.2 Å². The minimum atomic E-state index is -0.732. The zero-order chi connectivity index (χ0) is 26.0. The van der Waals surface area contributed by atoms with Gasteiger partial charge in [0, 0.05) is 17.8 Å². The van der Waals surface area contributed by atoms with Crippen molar-refractivity contribution in [3.63, 3.8) is 0 Å². The normalized spacial score (nSPS) is 17.6. The molecule has 8 nitrogen and oxygen atoms in total. The second-order valence-corrected chi connectivity index (χ2v) is 9.59. The quantitative estimate of drug-likeness (QED) is 0.256. The number of hydrogen-bond donors (Lipinski definition) is 2. The van der Waals surface area contributed by atoms with Gasteiger partial charge in [0.25, 0.3) is 11.7 Å². The van der Waals surface area contributed by atoms with E-state index in [1.165, 1.54) is 7.11 Å². The second-order valence-electron chi connectivity index (χ2n) is 9.59. The maximum atomic E-state index is 13.3. The molecule has 35 heavy (non-hydrogen) atoms. The number of aliphatic hydroxyl groups excluding tert-OH is 1. The third kappa shape index (κ3) is 5.03. The molecule has 2 aromatic rings. The number of ether oxygens (including phenoxy) is 1. The van der Waals surface area contributed by atoms with Gasteiger partial charge in [-0.1, -0.05) is 38.1 Å². The standard InChI is InChI=1S/C27H35N3O5/c1-15(2)18-9-11-19(12-10-18)23-21(25(32)26(33)30(23)14-8-13-29(5)6)24(31)20-16(3)22(27(34)35-7)28-17(20)4/h9-12,15,23,28,31H,8,13-14H2,1-7H3/b24-21+/t23-/m1/s1. The van der Waals surface area contributed by atoms with E-state index in [-0.39, 0.29) is 17.0 Å². The number of aromatic nitrogens is 1. The number of nitrogens with one attached hydrogen (secondary N) is 1. The maximum absolute atomic E-state index is 13.3. The maximum Gasteiger partial charge on any atom is 0.354 e. The van der Waals surface area contributed by atoms with Crippen LogP contribution in [0.15, 0.2) is 29.8 Å². The SMILES string of the molecule is COC(=O)c1[nH]c(C)c(/C(O)=C2\C(=O)C(=O)N(CCCN(C)C)[C@@H]2c2ccc(C(C)C)cc2)c1C. The summed E-state index contributed by atoms with van der Waals surface area (Å²) < 4.78 is 4.83. The Balaban J connectivity index is 2.17. The number of aryl methyl sites for hydroxylation is 1. The molecule has 8 heteroatoms. The van der Waals surface area contributed by atoms with E-state index >= 15 is 0 Å². The topological polar surface area (TPSA) is 103 Å². The molecule has 1 aliphatic rings. The van der Waals surface area contributed by atoms with Crippen molar-refractivity contribution in [2.75, 3.05) is 34.3 Å². The van der Waals surface area contributed by atoms with Crippen molar-refractivity contribution in [1.29, 1.82) is 0 Å². The molecule has 1 aromatic heterocycles. The highest BCUT2D eigenvalue weighted by Gasteiger charge is 2.46. The molecule has 0 bridgehead atoms. The molecule has 188 valence electrons. The average Bonchev–Trinajstić information content (AvgIpc) is 3.25. The van der Waals surface area contributed by atoms with E-state index in [1.54, 1.807) is 18.7 Å². The number of Topliss-reactive ketones (excluding diaryl/α,β-unsaturated/α-hetero) is 1. The zero-order valence-corrected chi connectivity index (χ0v) is 21.6. The van der Waals surface area contributed by atoms with Crippen LogP contribution in [0.4, 0.5) is 0 Å². The Morgan fingerprint density at radius 2 is 1.80 bits per heavy atom. The summed E-state index contributed by atoms with van der Waals surface area (Å²) in [5.41, 5.74) is 3.41. The number of carbonyl (C=O) groups is 3. The number of aromatic amines is 1. The molecule has 1 amide bonds. The average molecular weight is 482 g/mol. The number of aliphatic hydroxyl groups is 1. The molecule has 2 N–H and O–H groups in total. The van der Waals surface area contributed by atoms with Crippen molar-refractivity contribution in [1.82, 2.24) is 14.8 Å². The van der Waals surface area contributed by atoms with Crippen LogP contribution >= 0.6 is 0 Å². The molecule has 1 aromatic carbocycles. The fourth-order valence-electron chi connectivity index (χ4n) is 4.62. The van der Waals surface area contributed by atoms with Gasteiger partial charge < -0.3 is 24.6 Å². The summed E-state index contributed by atoms with van der Waals surface area (Å²) >= 11 is 0. The van der Waals surface area contributed by atoms with Gasteiger partial charge in [0.1, 0.15) is 11.5 Å². The monoisotopic (exact) mass is 481 g/mol. The van der Waals surface area contributed by atoms with Crippen molar-refractivity contribution in [3.8, 4) is 0 Å². The van der Waals surface area contributed by atoms with E-state index in [2.05, 4.69) is 18.8 Å². The number of rotatable bonds is 8. The lowest BCUT2D eigenvalue weighted by Gasteiger charge is -2.26. The van der Waals surface area contributed by atoms with Gasteiger partial charge in [-0.15, -0.1) is 0 Å². The number of amides is 1. The Hall–Kier alpha value is -3.39. The van der Waals surface area contributed by atoms with E-state index in [1.807, 2.05) is 43.3 Å². The molecule has 2 heterocycles. The molecule has 1 atom stereocenters. The number of methoxy groups -OCH3 is 1. The first-order valence-corrected chi connectivity index (χ1v) is 11.8. The zero-order valence-electron chi connectivity index (χ0n) is 21.6. The first-order valence-electron chi connectivity index (χ1n) is 11.8. The highest BCUT2D eigenvalue weighted by atomic mass is 16.5. The van der Waals surface area contributed by atoms with Gasteiger partial charge in [-0.25, -0.2) is 4.79 Å². The lowest BCUT2D eigenvalue weighted by atomic mass is 9.92. The van der Waals surface area contributed by atoms with Gasteiger partial charge in [0.2, 0.25) is 0 Å². The summed E-state index contributed by atoms with van der Waals surface area (Å²) in [7, 11) is 5.18. The van der Waals surface area contributed by atoms with Crippen LogP contribution < -0.4 is 0 Å². The first-order chi connectivity index (χ1) is 16.5. The number of likely N-dealkylation sites (tertiary alicyclic amines) is 1. The van der Waals surface area contributed by atoms with Gasteiger partial charge in [-0.3, -0.25) is 9.59 Å². The molecule has 1 aliphatic heterocycles. The number of ketones is 1. The first kappa shape index (κ1) is 26.2. The van der Waals surface area contributed by atoms with Gasteiger partial charge >= 0.3 is 5.97 Å². The summed E-state index contributed by atoms with van der Waals surface area (Å²) in [6, 6.07) is 7.07. The fraction of sp³-hybridized carbons (Fsp3) is 0.444. The number of nitrogens with zero attached hydrogens (tertiary/aromatic N) is 2. The lowest BCUT2D eigenvalue weighted by Crippen LogP contribution is -2.32. The highest BCUT2D eigenvalue weighted by Crippen LogP contribution is 2.41. The predicted molar refractivity (Wildman–Crippen MR) is 134 cm³/mol. The third-order valence-corrected chi connectivity index (χ3v) is 6.53. The van der Waals surface area contributed by atoms with Gasteiger partial charge in [-0.2, -0.15) is 0 Å². The number of H-pyrrole nitrogens is 1. The Kier molecular flexibility index (Phi) is 7.85. The smallest absolute Gasteiger partial charge is 0.354 e. The van der Waals surface area contributed by atoms with E-state index in [4.69, 9.17) is 4.74 Å². The van der Waals surface area contributed by atoms with Crippen molar-refractivity contribution in [3.05, 3.63) is 63.5 Å². The fourth-order valence-corrected chi connectivity index (χ4v) is 4.62. The summed E-state index contributed by atoms with van der Waals surface area (Å²) in [5.74, 6) is -1.91. The van der Waals surface area contributed by atoms with Crippen LogP contribution in [0.5, 0.6) is 0 Å². The third-order valence-electron chi connectivity index (χ3n) is 6.53. The molecule has 0 radical (unpaired) electrons. The van der Waals surface area contributed by atoms with E-state index in [0.717, 1.165) is 17.7 Å². The summed E-state index contributed by atoms with van der Waals surface area (Å²) in [4.78, 5) is 45.1. The Morgan fingerprint density at radius 1 is 1.17 bits per heavy atom. The van der Waals surface area contributed by atoms with Gasteiger partial charge in [0.15, 0.2) is 0 Å². The van der Waals surface area contributed by atoms with Crippen molar-refractivity contribution in [2.45, 2.75) is 46.1 Å². The van der Waals surface area contributed by atoms with Crippen molar-refractivity contribution in [2.24, 2.45) is 0 Å². The number of benzene rings is 1. The molecular weight excluding hydrogens is 446 g/mol. The molecule has 0 unspecified atom stereocenters. The molecule has 0 spiro atoms. The highest BCUT2D eigenvalue weighted by molar-refractivity contribution is 6.46. The van der Waals surface area contributed by atoms with Crippen LogP contribution in [-0.4, -0.2) is 71.8 Å². The molecule has 0 saturated carbocycles. The Labute approximate surface area is 206 Å². The molecular formula is C27H35N3O5. The number of esters is 1. The predicted octanol–water partition coefficient (Wildman–Crippen LogP) is 3.91. The van der Waals surface area contributed by atoms with Crippen LogP contribution in [0.2, 0.25) is 0 Å². The lowest BCUT2D eigenvalue weighted by molar-refractivity contribution is -0.139. The second kappa shape index (κ2) is 10.5. The summed E-state index contributed by atoms with van der Waals surface area (Å²) in [6.07, 6.45) is 0.676. The minimum Gasteiger partial charge on any atom is -0.507 e. The van der Waals surface area contributed by atoms with Crippen LogP contribution in [0.25, 0.3) is 5.76 Å². The molecule has 0 aliphatic carbocycles. The van der Waals surface area contributed by atoms with Crippen molar-refractivity contribution >= 4 is 23.4 Å². The van der Waals surface area contributed by atoms with Gasteiger partial charge in [-0.05, 0) is 63.5 Å². The van der Waals surface area contributed by atoms with E-state index in [0.29, 0.717) is 35.7 Å². The van der Waals surface area contributed by atoms with E-state index in [9.17, 15) is 19.5 Å². The molecule has 3 rings (SSSR count). The van der Waals surface area contributed by atoms with Gasteiger partial charge in [0.05, 0.1) is 18.7 Å². The van der Waals surface area contributed by atoms with Crippen LogP contribution in [0, 0.1) is 13.8 Å². The number of carbonyl (C=O) groups excluding carboxylic acids is 3. The summed E-state index contributed by atoms with van der Waals surface area (Å²) in [5, 5.41) is 11.4. The van der Waals surface area contributed by atoms with Crippen LogP contribution in [0.1, 0.15) is 70.7 Å². The Morgan fingerprint density at radius 3 is 2.34 bits per heavy atom. The molecule has 1 fully saturated rings. The van der Waals surface area contributed by atoms with E-state index < -0.39 is 23.7 Å². The summed E-state index contributed by atoms with van der Waals surface area (Å²) in [6.45, 7) is 8.69. The Bertz CT molecular complexity index is 1160. The minimum absolute atomic E-state index is 0.0266. The van der Waals surface area contributed by atoms with Crippen LogP contribution in [-0.2, 0) is 14.3 Å². The largest absolute Gasteiger partial charge is 0.507 e.